The van der Waals surface area contributed by atoms with Crippen LogP contribution in [-0.2, 0) is 6.54 Å². The van der Waals surface area contributed by atoms with Gasteiger partial charge < -0.3 is 14.6 Å². The summed E-state index contributed by atoms with van der Waals surface area (Å²) in [6.07, 6.45) is 4.94. The number of aromatic nitrogens is 2. The molecule has 2 aromatic rings. The van der Waals surface area contributed by atoms with E-state index < -0.39 is 0 Å². The van der Waals surface area contributed by atoms with E-state index in [2.05, 4.69) is 10.3 Å². The van der Waals surface area contributed by atoms with Crippen molar-refractivity contribution in [3.05, 3.63) is 58.6 Å². The van der Waals surface area contributed by atoms with Crippen molar-refractivity contribution in [3.8, 4) is 5.88 Å². The summed E-state index contributed by atoms with van der Waals surface area (Å²) in [4.78, 5) is 27.5. The SMILES string of the molecule is COc1ncccc1C(=O)NCCCCn1ccccc1=O. The van der Waals surface area contributed by atoms with Crippen molar-refractivity contribution in [3.63, 3.8) is 0 Å². The molecule has 6 nitrogen and oxygen atoms in total. The molecule has 0 bridgehead atoms. The van der Waals surface area contributed by atoms with Gasteiger partial charge in [0.15, 0.2) is 0 Å². The first-order valence-electron chi connectivity index (χ1n) is 7.15. The Balaban J connectivity index is 1.76. The Labute approximate surface area is 128 Å². The van der Waals surface area contributed by atoms with Crippen LogP contribution in [-0.4, -0.2) is 29.1 Å². The molecule has 0 saturated heterocycles. The Kier molecular flexibility index (Phi) is 5.71. The van der Waals surface area contributed by atoms with Crippen LogP contribution >= 0.6 is 0 Å². The highest BCUT2D eigenvalue weighted by Crippen LogP contribution is 2.12. The fourth-order valence-electron chi connectivity index (χ4n) is 2.08. The Hall–Kier alpha value is -2.63. The van der Waals surface area contributed by atoms with Gasteiger partial charge in [-0.25, -0.2) is 4.98 Å². The summed E-state index contributed by atoms with van der Waals surface area (Å²) < 4.78 is 6.71. The number of nitrogens with zero attached hydrogens (tertiary/aromatic N) is 2. The molecule has 1 amide bonds. The molecule has 0 spiro atoms. The number of nitrogens with one attached hydrogen (secondary N) is 1. The van der Waals surface area contributed by atoms with E-state index in [9.17, 15) is 9.59 Å². The van der Waals surface area contributed by atoms with E-state index in [0.717, 1.165) is 12.8 Å². The van der Waals surface area contributed by atoms with Crippen molar-refractivity contribution >= 4 is 5.91 Å². The number of hydrogen-bond acceptors (Lipinski definition) is 4. The minimum atomic E-state index is -0.207. The lowest BCUT2D eigenvalue weighted by molar-refractivity contribution is 0.0949. The van der Waals surface area contributed by atoms with E-state index in [1.54, 1.807) is 35.2 Å². The molecule has 22 heavy (non-hydrogen) atoms. The van der Waals surface area contributed by atoms with E-state index >= 15 is 0 Å². The number of hydrogen-bond donors (Lipinski definition) is 1. The summed E-state index contributed by atoms with van der Waals surface area (Å²) in [6, 6.07) is 8.46. The van der Waals surface area contributed by atoms with Crippen LogP contribution in [0.1, 0.15) is 23.2 Å². The molecule has 0 unspecified atom stereocenters. The van der Waals surface area contributed by atoms with Crippen LogP contribution in [0, 0.1) is 0 Å². The molecule has 0 saturated carbocycles. The van der Waals surface area contributed by atoms with Crippen LogP contribution in [0.3, 0.4) is 0 Å². The van der Waals surface area contributed by atoms with Gasteiger partial charge in [-0.1, -0.05) is 6.07 Å². The van der Waals surface area contributed by atoms with Gasteiger partial charge in [-0.2, -0.15) is 0 Å². The Morgan fingerprint density at radius 3 is 2.91 bits per heavy atom. The quantitative estimate of drug-likeness (QED) is 0.786. The molecule has 0 fully saturated rings. The first kappa shape index (κ1) is 15.8. The number of aryl methyl sites for hydroxylation is 1. The zero-order valence-electron chi connectivity index (χ0n) is 12.5. The largest absolute Gasteiger partial charge is 0.480 e. The zero-order chi connectivity index (χ0) is 15.8. The number of amides is 1. The van der Waals surface area contributed by atoms with Crippen LogP contribution in [0.15, 0.2) is 47.5 Å². The minimum Gasteiger partial charge on any atom is -0.480 e. The molecule has 0 atom stereocenters. The number of carbonyl (C=O) groups excluding carboxylic acids is 1. The molecule has 0 aliphatic heterocycles. The number of rotatable bonds is 7. The van der Waals surface area contributed by atoms with Crippen LogP contribution in [0.25, 0.3) is 0 Å². The smallest absolute Gasteiger partial charge is 0.256 e. The van der Waals surface area contributed by atoms with Gasteiger partial charge in [0.05, 0.1) is 7.11 Å². The fraction of sp³-hybridized carbons (Fsp3) is 0.312. The normalized spacial score (nSPS) is 10.2. The van der Waals surface area contributed by atoms with Crippen molar-refractivity contribution in [2.45, 2.75) is 19.4 Å². The van der Waals surface area contributed by atoms with Crippen molar-refractivity contribution in [1.29, 1.82) is 0 Å². The molecule has 2 rings (SSSR count). The van der Waals surface area contributed by atoms with Gasteiger partial charge in [-0.3, -0.25) is 9.59 Å². The lowest BCUT2D eigenvalue weighted by Crippen LogP contribution is -2.25. The average molecular weight is 301 g/mol. The summed E-state index contributed by atoms with van der Waals surface area (Å²) in [5.41, 5.74) is 0.413. The van der Waals surface area contributed by atoms with Gasteiger partial charge in [0.1, 0.15) is 5.56 Å². The third-order valence-electron chi connectivity index (χ3n) is 3.22. The van der Waals surface area contributed by atoms with Crippen molar-refractivity contribution < 1.29 is 9.53 Å². The second-order valence-corrected chi connectivity index (χ2v) is 4.76. The lowest BCUT2D eigenvalue weighted by atomic mass is 10.2. The predicted molar refractivity (Wildman–Crippen MR) is 83.1 cm³/mol. The molecule has 1 N–H and O–H groups in total. The summed E-state index contributed by atoms with van der Waals surface area (Å²) >= 11 is 0. The molecular formula is C16H19N3O3. The summed E-state index contributed by atoms with van der Waals surface area (Å²) in [5.74, 6) is 0.109. The maximum absolute atomic E-state index is 12.0. The highest BCUT2D eigenvalue weighted by atomic mass is 16.5. The number of ether oxygens (including phenoxy) is 1. The van der Waals surface area contributed by atoms with E-state index in [1.807, 2.05) is 6.07 Å². The molecule has 2 heterocycles. The second-order valence-electron chi connectivity index (χ2n) is 4.76. The maximum Gasteiger partial charge on any atom is 0.256 e. The van der Waals surface area contributed by atoms with Crippen LogP contribution in [0.5, 0.6) is 5.88 Å². The first-order chi connectivity index (χ1) is 10.7. The molecule has 116 valence electrons. The number of unbranched alkanes of at least 4 members (excludes halogenated alkanes) is 1. The van der Waals surface area contributed by atoms with Gasteiger partial charge >= 0.3 is 0 Å². The van der Waals surface area contributed by atoms with Crippen LogP contribution < -0.4 is 15.6 Å². The average Bonchev–Trinajstić information content (AvgIpc) is 2.56. The minimum absolute atomic E-state index is 0.00775. The second kappa shape index (κ2) is 7.97. The summed E-state index contributed by atoms with van der Waals surface area (Å²) in [7, 11) is 1.48. The maximum atomic E-state index is 12.0. The van der Waals surface area contributed by atoms with Gasteiger partial charge in [-0.05, 0) is 31.0 Å². The fourth-order valence-corrected chi connectivity index (χ4v) is 2.08. The monoisotopic (exact) mass is 301 g/mol. The van der Waals surface area contributed by atoms with Gasteiger partial charge in [0, 0.05) is 31.5 Å². The lowest BCUT2D eigenvalue weighted by Gasteiger charge is -2.08. The summed E-state index contributed by atoms with van der Waals surface area (Å²) in [6.45, 7) is 1.18. The number of pyridine rings is 2. The predicted octanol–water partition coefficient (Wildman–Crippen LogP) is 1.46. The zero-order valence-corrected chi connectivity index (χ0v) is 12.5. The number of carbonyl (C=O) groups is 1. The Morgan fingerprint density at radius 1 is 1.27 bits per heavy atom. The Morgan fingerprint density at radius 2 is 2.14 bits per heavy atom. The first-order valence-corrected chi connectivity index (χ1v) is 7.15. The highest BCUT2D eigenvalue weighted by Gasteiger charge is 2.11. The van der Waals surface area contributed by atoms with Crippen molar-refractivity contribution in [2.24, 2.45) is 0 Å². The molecule has 2 aromatic heterocycles. The van der Waals surface area contributed by atoms with Gasteiger partial charge in [0.25, 0.3) is 5.91 Å². The third kappa shape index (κ3) is 4.18. The van der Waals surface area contributed by atoms with E-state index in [4.69, 9.17) is 4.74 Å². The van der Waals surface area contributed by atoms with Crippen molar-refractivity contribution in [2.75, 3.05) is 13.7 Å². The number of methoxy groups -OCH3 is 1. The van der Waals surface area contributed by atoms with E-state index in [1.165, 1.54) is 13.2 Å². The molecule has 0 aliphatic carbocycles. The molecule has 6 heteroatoms. The van der Waals surface area contributed by atoms with E-state index in [0.29, 0.717) is 24.5 Å². The molecular weight excluding hydrogens is 282 g/mol. The van der Waals surface area contributed by atoms with Crippen molar-refractivity contribution in [1.82, 2.24) is 14.9 Å². The topological polar surface area (TPSA) is 73.2 Å². The summed E-state index contributed by atoms with van der Waals surface area (Å²) in [5, 5.41) is 2.83. The Bertz CT molecular complexity index is 682. The van der Waals surface area contributed by atoms with E-state index in [-0.39, 0.29) is 11.5 Å². The third-order valence-corrected chi connectivity index (χ3v) is 3.22. The van der Waals surface area contributed by atoms with Crippen LogP contribution in [0.2, 0.25) is 0 Å². The standard InChI is InChI=1S/C16H19N3O3/c1-22-16-13(7-6-10-18-16)15(21)17-9-3-5-12-19-11-4-2-8-14(19)20/h2,4,6-8,10-11H,3,5,9,12H2,1H3,(H,17,21). The highest BCUT2D eigenvalue weighted by molar-refractivity contribution is 5.96. The molecule has 0 radical (unpaired) electrons. The van der Waals surface area contributed by atoms with Crippen LogP contribution in [0.4, 0.5) is 0 Å². The van der Waals surface area contributed by atoms with Gasteiger partial charge in [-0.15, -0.1) is 0 Å². The molecule has 0 aromatic carbocycles. The van der Waals surface area contributed by atoms with Gasteiger partial charge in [0.2, 0.25) is 11.4 Å². The molecule has 0 aliphatic rings.